The highest BCUT2D eigenvalue weighted by atomic mass is 32.2. The van der Waals surface area contributed by atoms with Crippen LogP contribution in [-0.4, -0.2) is 52.7 Å². The molecule has 3 aromatic heterocycles. The summed E-state index contributed by atoms with van der Waals surface area (Å²) < 4.78 is 48.1. The number of aryl methyl sites for hydroxylation is 2. The van der Waals surface area contributed by atoms with Crippen molar-refractivity contribution in [3.8, 4) is 28.8 Å². The van der Waals surface area contributed by atoms with E-state index in [2.05, 4.69) is 19.9 Å². The Kier molecular flexibility index (Phi) is 5.86. The zero-order valence-electron chi connectivity index (χ0n) is 17.7. The van der Waals surface area contributed by atoms with Gasteiger partial charge in [-0.1, -0.05) is 6.07 Å². The lowest BCUT2D eigenvalue weighted by Crippen LogP contribution is -2.21. The summed E-state index contributed by atoms with van der Waals surface area (Å²) in [6, 6.07) is 8.61. The molecule has 0 atom stereocenters. The van der Waals surface area contributed by atoms with Crippen LogP contribution in [0.15, 0.2) is 53.5 Å². The molecule has 0 amide bonds. The van der Waals surface area contributed by atoms with E-state index < -0.39 is 10.0 Å². The van der Waals surface area contributed by atoms with Gasteiger partial charge >= 0.3 is 0 Å². The second kappa shape index (κ2) is 8.75. The molecule has 0 saturated carbocycles. The Morgan fingerprint density at radius 2 is 1.84 bits per heavy atom. The van der Waals surface area contributed by atoms with Crippen LogP contribution in [0.3, 0.4) is 0 Å². The topological polar surface area (TPSA) is 126 Å². The second-order valence-corrected chi connectivity index (χ2v) is 8.68. The average Bonchev–Trinajstić information content (AvgIpc) is 3.53. The van der Waals surface area contributed by atoms with E-state index in [0.29, 0.717) is 22.9 Å². The van der Waals surface area contributed by atoms with E-state index >= 15 is 0 Å². The van der Waals surface area contributed by atoms with Crippen LogP contribution < -0.4 is 14.2 Å². The third-order valence-electron chi connectivity index (χ3n) is 4.82. The lowest BCUT2D eigenvalue weighted by atomic mass is 10.2. The highest BCUT2D eigenvalue weighted by Crippen LogP contribution is 2.37. The number of sulfonamides is 1. The molecule has 0 aliphatic heterocycles. The van der Waals surface area contributed by atoms with Gasteiger partial charge in [-0.05, 0) is 24.3 Å². The Morgan fingerprint density at radius 3 is 2.44 bits per heavy atom. The van der Waals surface area contributed by atoms with Gasteiger partial charge in [0.1, 0.15) is 17.2 Å². The maximum Gasteiger partial charge on any atom is 0.243 e. The number of anilines is 1. The van der Waals surface area contributed by atoms with Crippen LogP contribution in [0.4, 0.5) is 5.95 Å². The fourth-order valence-corrected chi connectivity index (χ4v) is 4.22. The highest BCUT2D eigenvalue weighted by molar-refractivity contribution is 7.92. The van der Waals surface area contributed by atoms with Crippen LogP contribution in [0.25, 0.3) is 17.3 Å². The summed E-state index contributed by atoms with van der Waals surface area (Å²) in [6.07, 6.45) is 5.02. The first-order valence-electron chi connectivity index (χ1n) is 9.60. The molecular formula is C20H22N6O5S. The van der Waals surface area contributed by atoms with Crippen molar-refractivity contribution < 1.29 is 22.3 Å². The van der Waals surface area contributed by atoms with Gasteiger partial charge in [0.15, 0.2) is 5.76 Å². The molecule has 3 heterocycles. The minimum atomic E-state index is -3.78. The quantitative estimate of drug-likeness (QED) is 0.405. The van der Waals surface area contributed by atoms with Gasteiger partial charge < -0.3 is 18.5 Å². The second-order valence-electron chi connectivity index (χ2n) is 6.84. The van der Waals surface area contributed by atoms with E-state index in [1.807, 2.05) is 7.05 Å². The number of imidazole rings is 1. The van der Waals surface area contributed by atoms with Crippen molar-refractivity contribution in [2.24, 2.45) is 7.05 Å². The molecule has 12 heteroatoms. The molecule has 168 valence electrons. The summed E-state index contributed by atoms with van der Waals surface area (Å²) >= 11 is 0. The van der Waals surface area contributed by atoms with Gasteiger partial charge in [-0.3, -0.25) is 9.29 Å². The van der Waals surface area contributed by atoms with E-state index in [1.165, 1.54) is 25.0 Å². The highest BCUT2D eigenvalue weighted by Gasteiger charge is 2.26. The van der Waals surface area contributed by atoms with E-state index in [9.17, 15) is 8.42 Å². The van der Waals surface area contributed by atoms with E-state index in [4.69, 9.17) is 13.9 Å². The number of nitrogens with zero attached hydrogens (tertiary/aromatic N) is 5. The van der Waals surface area contributed by atoms with E-state index in [-0.39, 0.29) is 23.9 Å². The summed E-state index contributed by atoms with van der Waals surface area (Å²) in [6.45, 7) is 0. The lowest BCUT2D eigenvalue weighted by molar-refractivity contribution is 0.391. The van der Waals surface area contributed by atoms with Crippen LogP contribution >= 0.6 is 0 Å². The standard InChI is InChI=1S/C20H22N6O5S/c1-25-13-21-12-14(25)9-11-32(27,28)24-20-23-22-19(17-8-5-10-31-17)26(20)18-15(29-2)6-4-7-16(18)30-3/h4-8,10,12-13H,9,11H2,1-3H3,(H,23,24). The largest absolute Gasteiger partial charge is 0.494 e. The molecule has 11 nitrogen and oxygen atoms in total. The third kappa shape index (κ3) is 4.17. The molecule has 0 aliphatic carbocycles. The number of nitrogens with one attached hydrogen (secondary N) is 1. The fourth-order valence-electron chi connectivity index (χ4n) is 3.23. The van der Waals surface area contributed by atoms with Gasteiger partial charge in [0.05, 0.1) is 32.6 Å². The maximum atomic E-state index is 12.9. The number of ether oxygens (including phenoxy) is 2. The summed E-state index contributed by atoms with van der Waals surface area (Å²) in [5.74, 6) is 1.36. The zero-order chi connectivity index (χ0) is 22.7. The van der Waals surface area contributed by atoms with Crippen LogP contribution in [0.5, 0.6) is 11.5 Å². The predicted octanol–water partition coefficient (Wildman–Crippen LogP) is 2.26. The van der Waals surface area contributed by atoms with Crippen LogP contribution in [0, 0.1) is 0 Å². The lowest BCUT2D eigenvalue weighted by Gasteiger charge is -2.17. The molecule has 0 spiro atoms. The minimum Gasteiger partial charge on any atom is -0.494 e. The molecule has 0 radical (unpaired) electrons. The van der Waals surface area contributed by atoms with Gasteiger partial charge in [-0.2, -0.15) is 0 Å². The first-order chi connectivity index (χ1) is 15.4. The molecule has 0 bridgehead atoms. The number of benzene rings is 1. The van der Waals surface area contributed by atoms with E-state index in [0.717, 1.165) is 5.69 Å². The van der Waals surface area contributed by atoms with Gasteiger partial charge in [0, 0.05) is 25.4 Å². The van der Waals surface area contributed by atoms with Gasteiger partial charge in [-0.25, -0.2) is 13.4 Å². The van der Waals surface area contributed by atoms with Crippen LogP contribution in [-0.2, 0) is 23.5 Å². The summed E-state index contributed by atoms with van der Waals surface area (Å²) in [4.78, 5) is 4.01. The summed E-state index contributed by atoms with van der Waals surface area (Å²) in [5.41, 5.74) is 1.22. The smallest absolute Gasteiger partial charge is 0.243 e. The monoisotopic (exact) mass is 458 g/mol. The third-order valence-corrected chi connectivity index (χ3v) is 6.06. The SMILES string of the molecule is COc1cccc(OC)c1-n1c(NS(=O)(=O)CCc2cncn2C)nnc1-c1ccco1. The molecule has 0 fully saturated rings. The summed E-state index contributed by atoms with van der Waals surface area (Å²) in [5, 5.41) is 8.24. The van der Waals surface area contributed by atoms with Gasteiger partial charge in [-0.15, -0.1) is 10.2 Å². The van der Waals surface area contributed by atoms with Gasteiger partial charge in [0.2, 0.25) is 21.8 Å². The van der Waals surface area contributed by atoms with E-state index in [1.54, 1.807) is 47.4 Å². The molecule has 0 aliphatic rings. The van der Waals surface area contributed by atoms with Crippen molar-refractivity contribution in [2.75, 3.05) is 24.7 Å². The van der Waals surface area contributed by atoms with Crippen molar-refractivity contribution in [1.29, 1.82) is 0 Å². The number of aromatic nitrogens is 5. The number of hydrogen-bond donors (Lipinski definition) is 1. The van der Waals surface area contributed by atoms with Crippen LogP contribution in [0.2, 0.25) is 0 Å². The molecular weight excluding hydrogens is 436 g/mol. The first-order valence-corrected chi connectivity index (χ1v) is 11.2. The Labute approximate surface area is 184 Å². The normalized spacial score (nSPS) is 11.5. The average molecular weight is 459 g/mol. The van der Waals surface area contributed by atoms with Gasteiger partial charge in [0.25, 0.3) is 0 Å². The molecule has 0 unspecified atom stereocenters. The molecule has 32 heavy (non-hydrogen) atoms. The zero-order valence-corrected chi connectivity index (χ0v) is 18.5. The van der Waals surface area contributed by atoms with Crippen molar-refractivity contribution in [3.63, 3.8) is 0 Å². The Hall–Kier alpha value is -3.80. The maximum absolute atomic E-state index is 12.9. The van der Waals surface area contributed by atoms with Crippen LogP contribution in [0.1, 0.15) is 5.69 Å². The molecule has 4 aromatic rings. The molecule has 0 saturated heterocycles. The van der Waals surface area contributed by atoms with Crippen molar-refractivity contribution >= 4 is 16.0 Å². The Balaban J connectivity index is 1.77. The fraction of sp³-hybridized carbons (Fsp3) is 0.250. The number of furan rings is 1. The molecule has 1 aromatic carbocycles. The molecule has 1 N–H and O–H groups in total. The Bertz CT molecular complexity index is 1290. The predicted molar refractivity (Wildman–Crippen MR) is 116 cm³/mol. The van der Waals surface area contributed by atoms with Crippen molar-refractivity contribution in [1.82, 2.24) is 24.3 Å². The Morgan fingerprint density at radius 1 is 1.09 bits per heavy atom. The molecule has 4 rings (SSSR count). The van der Waals surface area contributed by atoms with Crippen molar-refractivity contribution in [2.45, 2.75) is 6.42 Å². The number of hydrogen-bond acceptors (Lipinski definition) is 8. The first kappa shape index (κ1) is 21.4. The number of rotatable bonds is 9. The summed E-state index contributed by atoms with van der Waals surface area (Å²) in [7, 11) is 1.04. The number of para-hydroxylation sites is 1. The minimum absolute atomic E-state index is 0.0239. The number of methoxy groups -OCH3 is 2. The van der Waals surface area contributed by atoms with Crippen molar-refractivity contribution in [3.05, 3.63) is 54.8 Å².